The summed E-state index contributed by atoms with van der Waals surface area (Å²) in [4.78, 5) is 17.9. The maximum atomic E-state index is 13.4. The number of hydrogen-bond acceptors (Lipinski definition) is 4. The zero-order valence-electron chi connectivity index (χ0n) is 18.1. The Morgan fingerprint density at radius 2 is 1.97 bits per heavy atom. The number of nitrogens with one attached hydrogen (secondary N) is 1. The molecule has 0 bridgehead atoms. The van der Waals surface area contributed by atoms with Crippen molar-refractivity contribution in [3.63, 3.8) is 0 Å². The van der Waals surface area contributed by atoms with Crippen LogP contribution < -0.4 is 5.32 Å². The summed E-state index contributed by atoms with van der Waals surface area (Å²) in [6.07, 6.45) is 9.59. The van der Waals surface area contributed by atoms with Crippen molar-refractivity contribution in [2.45, 2.75) is 64.0 Å². The minimum Gasteiger partial charge on any atom is -0.356 e. The lowest BCUT2D eigenvalue weighted by molar-refractivity contribution is -0.118. The average Bonchev–Trinajstić information content (AvgIpc) is 3.44. The lowest BCUT2D eigenvalue weighted by Crippen LogP contribution is -2.27. The van der Waals surface area contributed by atoms with Crippen molar-refractivity contribution < 1.29 is 9.53 Å². The second-order valence-electron chi connectivity index (χ2n) is 8.85. The van der Waals surface area contributed by atoms with Crippen molar-refractivity contribution in [1.82, 2.24) is 14.8 Å². The van der Waals surface area contributed by atoms with Crippen molar-refractivity contribution in [2.75, 3.05) is 11.9 Å². The number of ether oxygens (including phenoxy) is 1. The number of aromatic nitrogens is 3. The molecule has 2 aromatic heterocycles. The number of carbonyl (C=O) groups is 1. The van der Waals surface area contributed by atoms with Gasteiger partial charge in [0.25, 0.3) is 0 Å². The molecule has 1 aliphatic carbocycles. The van der Waals surface area contributed by atoms with Gasteiger partial charge in [-0.05, 0) is 75.3 Å². The third kappa shape index (κ3) is 4.09. The molecule has 6 nitrogen and oxygen atoms in total. The highest BCUT2D eigenvalue weighted by Crippen LogP contribution is 2.38. The van der Waals surface area contributed by atoms with Crippen LogP contribution in [0.25, 0.3) is 10.9 Å². The van der Waals surface area contributed by atoms with Crippen LogP contribution in [0.1, 0.15) is 68.5 Å². The minimum absolute atomic E-state index is 0.00120. The van der Waals surface area contributed by atoms with Crippen LogP contribution >= 0.6 is 0 Å². The first-order valence-corrected chi connectivity index (χ1v) is 11.5. The zero-order chi connectivity index (χ0) is 21.2. The van der Waals surface area contributed by atoms with E-state index in [0.717, 1.165) is 66.7 Å². The van der Waals surface area contributed by atoms with Crippen LogP contribution in [0.15, 0.2) is 42.6 Å². The molecule has 3 heterocycles. The molecule has 5 rings (SSSR count). The average molecular weight is 419 g/mol. The first-order valence-electron chi connectivity index (χ1n) is 11.5. The third-order valence-electron chi connectivity index (χ3n) is 6.75. The second-order valence-corrected chi connectivity index (χ2v) is 8.85. The van der Waals surface area contributed by atoms with Crippen LogP contribution in [0, 0.1) is 12.8 Å². The van der Waals surface area contributed by atoms with Gasteiger partial charge in [0.1, 0.15) is 0 Å². The maximum absolute atomic E-state index is 13.4. The first kappa shape index (κ1) is 20.2. The van der Waals surface area contributed by atoms with Gasteiger partial charge in [-0.1, -0.05) is 18.9 Å². The molecule has 1 amide bonds. The summed E-state index contributed by atoms with van der Waals surface area (Å²) >= 11 is 0. The van der Waals surface area contributed by atoms with Crippen LogP contribution in [0.4, 0.5) is 5.69 Å². The Kier molecular flexibility index (Phi) is 5.72. The summed E-state index contributed by atoms with van der Waals surface area (Å²) in [6.45, 7) is 2.80. The van der Waals surface area contributed by atoms with E-state index in [-0.39, 0.29) is 18.1 Å². The predicted octanol–water partition coefficient (Wildman–Crippen LogP) is 5.35. The fourth-order valence-electron chi connectivity index (χ4n) is 5.17. The standard InChI is InChI=1S/C25H30N4O2/c1-17-20-16-19(12-13-22(20)29(28-17)23-11-5-7-15-31-23)27-25(30)24(18-8-2-3-9-18)21-10-4-6-14-26-21/h4,6,10,12-14,16,18,23-24H,2-3,5,7-9,11,15H2,1H3,(H,27,30). The monoisotopic (exact) mass is 418 g/mol. The molecule has 1 aromatic carbocycles. The van der Waals surface area contributed by atoms with Crippen LogP contribution in [0.2, 0.25) is 0 Å². The van der Waals surface area contributed by atoms with E-state index < -0.39 is 0 Å². The number of nitrogens with zero attached hydrogens (tertiary/aromatic N) is 3. The van der Waals surface area contributed by atoms with Crippen molar-refractivity contribution in [3.05, 3.63) is 54.0 Å². The molecule has 1 saturated carbocycles. The minimum atomic E-state index is -0.209. The third-order valence-corrected chi connectivity index (χ3v) is 6.75. The zero-order valence-corrected chi connectivity index (χ0v) is 18.1. The number of fused-ring (bicyclic) bond motifs is 1. The Labute approximate surface area is 183 Å². The number of amides is 1. The highest BCUT2D eigenvalue weighted by molar-refractivity contribution is 5.98. The molecule has 6 heteroatoms. The van der Waals surface area contributed by atoms with Gasteiger partial charge in [0.05, 0.1) is 22.8 Å². The largest absolute Gasteiger partial charge is 0.356 e. The van der Waals surface area contributed by atoms with E-state index in [2.05, 4.69) is 10.3 Å². The van der Waals surface area contributed by atoms with E-state index in [4.69, 9.17) is 9.84 Å². The van der Waals surface area contributed by atoms with Gasteiger partial charge >= 0.3 is 0 Å². The van der Waals surface area contributed by atoms with Gasteiger partial charge < -0.3 is 10.1 Å². The Morgan fingerprint density at radius 1 is 1.13 bits per heavy atom. The number of aryl methyl sites for hydroxylation is 1. The molecule has 3 aromatic rings. The number of carbonyl (C=O) groups excluding carboxylic acids is 1. The molecule has 2 unspecified atom stereocenters. The van der Waals surface area contributed by atoms with Crippen LogP contribution in [-0.2, 0) is 9.53 Å². The first-order chi connectivity index (χ1) is 15.2. The maximum Gasteiger partial charge on any atom is 0.233 e. The fraction of sp³-hybridized carbons (Fsp3) is 0.480. The van der Waals surface area contributed by atoms with Gasteiger partial charge in [-0.3, -0.25) is 9.78 Å². The lowest BCUT2D eigenvalue weighted by atomic mass is 9.87. The summed E-state index contributed by atoms with van der Waals surface area (Å²) in [5.41, 5.74) is 3.69. The quantitative estimate of drug-likeness (QED) is 0.606. The number of pyridine rings is 1. The highest BCUT2D eigenvalue weighted by Gasteiger charge is 2.33. The van der Waals surface area contributed by atoms with Crippen molar-refractivity contribution in [3.8, 4) is 0 Å². The van der Waals surface area contributed by atoms with Gasteiger partial charge in [-0.2, -0.15) is 5.10 Å². The Morgan fingerprint density at radius 3 is 2.71 bits per heavy atom. The Bertz CT molecular complexity index is 1050. The van der Waals surface area contributed by atoms with E-state index >= 15 is 0 Å². The number of hydrogen-bond donors (Lipinski definition) is 1. The van der Waals surface area contributed by atoms with E-state index in [1.165, 1.54) is 12.8 Å². The topological polar surface area (TPSA) is 69.0 Å². The normalized spacial score (nSPS) is 20.7. The fourth-order valence-corrected chi connectivity index (χ4v) is 5.17. The molecular formula is C25H30N4O2. The lowest BCUT2D eigenvalue weighted by Gasteiger charge is -2.23. The van der Waals surface area contributed by atoms with Gasteiger partial charge in [0.2, 0.25) is 5.91 Å². The van der Waals surface area contributed by atoms with E-state index in [0.29, 0.717) is 5.92 Å². The molecule has 2 atom stereocenters. The molecule has 2 aliphatic rings. The van der Waals surface area contributed by atoms with Crippen LogP contribution in [0.3, 0.4) is 0 Å². The highest BCUT2D eigenvalue weighted by atomic mass is 16.5. The molecule has 0 spiro atoms. The second kappa shape index (κ2) is 8.79. The Balaban J connectivity index is 1.41. The van der Waals surface area contributed by atoms with E-state index in [9.17, 15) is 4.79 Å². The number of rotatable bonds is 5. The van der Waals surface area contributed by atoms with E-state index in [1.54, 1.807) is 6.20 Å². The Hall–Kier alpha value is -2.73. The van der Waals surface area contributed by atoms with Gasteiger partial charge in [-0.15, -0.1) is 0 Å². The molecule has 1 N–H and O–H groups in total. The molecule has 0 radical (unpaired) electrons. The van der Waals surface area contributed by atoms with Crippen molar-refractivity contribution in [1.29, 1.82) is 0 Å². The van der Waals surface area contributed by atoms with E-state index in [1.807, 2.05) is 48.0 Å². The summed E-state index contributed by atoms with van der Waals surface area (Å²) in [6, 6.07) is 11.9. The van der Waals surface area contributed by atoms with Gasteiger partial charge in [0.15, 0.2) is 6.23 Å². The molecule has 2 fully saturated rings. The van der Waals surface area contributed by atoms with Crippen molar-refractivity contribution in [2.24, 2.45) is 5.92 Å². The van der Waals surface area contributed by atoms with Gasteiger partial charge in [0, 0.05) is 23.9 Å². The number of benzene rings is 1. The molecule has 162 valence electrons. The van der Waals surface area contributed by atoms with Crippen molar-refractivity contribution >= 4 is 22.5 Å². The summed E-state index contributed by atoms with van der Waals surface area (Å²) in [5.74, 6) is 0.177. The summed E-state index contributed by atoms with van der Waals surface area (Å²) in [5, 5.41) is 8.98. The SMILES string of the molecule is Cc1nn(C2CCCCO2)c2ccc(NC(=O)C(c3ccccn3)C3CCCC3)cc12. The van der Waals surface area contributed by atoms with Crippen LogP contribution in [0.5, 0.6) is 0 Å². The predicted molar refractivity (Wildman–Crippen MR) is 121 cm³/mol. The number of anilines is 1. The molecular weight excluding hydrogens is 388 g/mol. The molecule has 31 heavy (non-hydrogen) atoms. The summed E-state index contributed by atoms with van der Waals surface area (Å²) in [7, 11) is 0. The smallest absolute Gasteiger partial charge is 0.233 e. The summed E-state index contributed by atoms with van der Waals surface area (Å²) < 4.78 is 7.95. The molecule has 1 aliphatic heterocycles. The molecule has 1 saturated heterocycles. The van der Waals surface area contributed by atoms with Gasteiger partial charge in [-0.25, -0.2) is 4.68 Å². The van der Waals surface area contributed by atoms with Crippen LogP contribution in [-0.4, -0.2) is 27.3 Å².